The molecule has 0 aliphatic rings. The minimum atomic E-state index is -0.444. The Kier molecular flexibility index (Phi) is 7.20. The summed E-state index contributed by atoms with van der Waals surface area (Å²) < 4.78 is 7.40. The Morgan fingerprint density at radius 2 is 1.67 bits per heavy atom. The number of aromatic amines is 1. The van der Waals surface area contributed by atoms with Gasteiger partial charge in [-0.3, -0.25) is 14.3 Å². The van der Waals surface area contributed by atoms with Crippen LogP contribution in [-0.4, -0.2) is 16.2 Å². The molecule has 3 rings (SSSR count). The van der Waals surface area contributed by atoms with E-state index in [-0.39, 0.29) is 18.2 Å². The number of ether oxygens (including phenoxy) is 1. The van der Waals surface area contributed by atoms with E-state index < -0.39 is 5.69 Å². The SMILES string of the molecule is CC(=Cc1ccccc1)COCn1c(Cc2ccccc2)c(C(C)C)c(=O)[nH]c1=O. The summed E-state index contributed by atoms with van der Waals surface area (Å²) in [4.78, 5) is 27.6. The van der Waals surface area contributed by atoms with Gasteiger partial charge in [0.05, 0.1) is 6.61 Å². The molecule has 30 heavy (non-hydrogen) atoms. The Morgan fingerprint density at radius 3 is 2.30 bits per heavy atom. The van der Waals surface area contributed by atoms with Crippen molar-refractivity contribution in [2.75, 3.05) is 6.61 Å². The lowest BCUT2D eigenvalue weighted by Gasteiger charge is -2.18. The molecule has 3 aromatic rings. The minimum absolute atomic E-state index is 0.0148. The molecule has 0 radical (unpaired) electrons. The fourth-order valence-electron chi connectivity index (χ4n) is 3.52. The lowest BCUT2D eigenvalue weighted by Crippen LogP contribution is -2.36. The first kappa shape index (κ1) is 21.5. The molecule has 5 nitrogen and oxygen atoms in total. The number of benzene rings is 2. The zero-order valence-electron chi connectivity index (χ0n) is 17.7. The van der Waals surface area contributed by atoms with Crippen molar-refractivity contribution in [1.29, 1.82) is 0 Å². The zero-order chi connectivity index (χ0) is 21.5. The Balaban J connectivity index is 1.86. The van der Waals surface area contributed by atoms with Crippen molar-refractivity contribution in [3.8, 4) is 0 Å². The maximum absolute atomic E-state index is 12.6. The highest BCUT2D eigenvalue weighted by Crippen LogP contribution is 2.18. The summed E-state index contributed by atoms with van der Waals surface area (Å²) in [6.07, 6.45) is 2.55. The van der Waals surface area contributed by atoms with Gasteiger partial charge in [0, 0.05) is 17.7 Å². The number of aromatic nitrogens is 2. The number of hydrogen-bond donors (Lipinski definition) is 1. The van der Waals surface area contributed by atoms with Gasteiger partial charge in [0.2, 0.25) is 0 Å². The molecule has 0 unspecified atom stereocenters. The quantitative estimate of drug-likeness (QED) is 0.608. The van der Waals surface area contributed by atoms with Gasteiger partial charge in [-0.05, 0) is 29.5 Å². The van der Waals surface area contributed by atoms with Crippen LogP contribution in [0.3, 0.4) is 0 Å². The molecule has 156 valence electrons. The van der Waals surface area contributed by atoms with E-state index in [0.717, 1.165) is 16.7 Å². The summed E-state index contributed by atoms with van der Waals surface area (Å²) in [5, 5.41) is 0. The van der Waals surface area contributed by atoms with Gasteiger partial charge in [0.25, 0.3) is 5.56 Å². The van der Waals surface area contributed by atoms with Gasteiger partial charge >= 0.3 is 5.69 Å². The van der Waals surface area contributed by atoms with Gasteiger partial charge in [0.15, 0.2) is 0 Å². The highest BCUT2D eigenvalue weighted by molar-refractivity contribution is 5.52. The van der Waals surface area contributed by atoms with E-state index in [9.17, 15) is 9.59 Å². The molecule has 0 aliphatic heterocycles. The molecular weight excluding hydrogens is 376 g/mol. The molecule has 2 aromatic carbocycles. The second kappa shape index (κ2) is 10.0. The third kappa shape index (κ3) is 5.45. The van der Waals surface area contributed by atoms with E-state index in [1.54, 1.807) is 4.57 Å². The summed E-state index contributed by atoms with van der Waals surface area (Å²) in [7, 11) is 0. The van der Waals surface area contributed by atoms with Crippen LogP contribution >= 0.6 is 0 Å². The van der Waals surface area contributed by atoms with Crippen molar-refractivity contribution >= 4 is 6.08 Å². The lowest BCUT2D eigenvalue weighted by atomic mass is 9.98. The minimum Gasteiger partial charge on any atom is -0.356 e. The van der Waals surface area contributed by atoms with Crippen LogP contribution in [0.4, 0.5) is 0 Å². The topological polar surface area (TPSA) is 64.1 Å². The first-order valence-corrected chi connectivity index (χ1v) is 10.2. The Labute approximate surface area is 176 Å². The van der Waals surface area contributed by atoms with Crippen molar-refractivity contribution in [3.05, 3.63) is 109 Å². The van der Waals surface area contributed by atoms with Crippen molar-refractivity contribution in [1.82, 2.24) is 9.55 Å². The molecule has 0 bridgehead atoms. The van der Waals surface area contributed by atoms with Crippen LogP contribution in [0.15, 0.2) is 75.8 Å². The second-order valence-corrected chi connectivity index (χ2v) is 7.74. The van der Waals surface area contributed by atoms with Gasteiger partial charge < -0.3 is 4.74 Å². The molecule has 5 heteroatoms. The van der Waals surface area contributed by atoms with Gasteiger partial charge in [-0.25, -0.2) is 4.79 Å². The maximum Gasteiger partial charge on any atom is 0.330 e. The fraction of sp³-hybridized carbons (Fsp3) is 0.280. The van der Waals surface area contributed by atoms with Gasteiger partial charge in [-0.15, -0.1) is 0 Å². The number of nitrogens with one attached hydrogen (secondary N) is 1. The van der Waals surface area contributed by atoms with Crippen LogP contribution in [0.5, 0.6) is 0 Å². The van der Waals surface area contributed by atoms with E-state index in [1.165, 1.54) is 0 Å². The predicted molar refractivity (Wildman–Crippen MR) is 121 cm³/mol. The van der Waals surface area contributed by atoms with Crippen LogP contribution in [0.25, 0.3) is 6.08 Å². The van der Waals surface area contributed by atoms with Crippen LogP contribution < -0.4 is 11.2 Å². The first-order chi connectivity index (χ1) is 14.5. The fourth-order valence-corrected chi connectivity index (χ4v) is 3.52. The first-order valence-electron chi connectivity index (χ1n) is 10.2. The predicted octanol–water partition coefficient (Wildman–Crippen LogP) is 4.33. The van der Waals surface area contributed by atoms with Crippen LogP contribution in [0, 0.1) is 0 Å². The average molecular weight is 405 g/mol. The summed E-state index contributed by atoms with van der Waals surface area (Å²) in [5.41, 5.74) is 3.75. The molecule has 0 amide bonds. The molecule has 1 N–H and O–H groups in total. The molecular formula is C25H28N2O3. The number of nitrogens with zero attached hydrogens (tertiary/aromatic N) is 1. The lowest BCUT2D eigenvalue weighted by molar-refractivity contribution is 0.0896. The zero-order valence-corrected chi connectivity index (χ0v) is 17.7. The summed E-state index contributed by atoms with van der Waals surface area (Å²) in [6, 6.07) is 19.9. The Hall–Kier alpha value is -3.18. The van der Waals surface area contributed by atoms with Gasteiger partial charge in [0.1, 0.15) is 6.73 Å². The Bertz CT molecular complexity index is 1110. The molecule has 0 atom stereocenters. The second-order valence-electron chi connectivity index (χ2n) is 7.74. The van der Waals surface area contributed by atoms with Crippen LogP contribution in [0.1, 0.15) is 49.1 Å². The summed E-state index contributed by atoms with van der Waals surface area (Å²) >= 11 is 0. The molecule has 0 saturated heterocycles. The molecule has 1 aromatic heterocycles. The summed E-state index contributed by atoms with van der Waals surface area (Å²) in [6.45, 7) is 6.38. The molecule has 0 fully saturated rings. The number of rotatable bonds is 8. The van der Waals surface area contributed by atoms with E-state index in [4.69, 9.17) is 4.74 Å². The van der Waals surface area contributed by atoms with Crippen molar-refractivity contribution in [3.63, 3.8) is 0 Å². The highest BCUT2D eigenvalue weighted by Gasteiger charge is 2.18. The van der Waals surface area contributed by atoms with Crippen molar-refractivity contribution in [2.45, 2.75) is 39.8 Å². The average Bonchev–Trinajstić information content (AvgIpc) is 2.71. The van der Waals surface area contributed by atoms with Crippen molar-refractivity contribution in [2.24, 2.45) is 0 Å². The number of hydrogen-bond acceptors (Lipinski definition) is 3. The standard InChI is InChI=1S/C25H28N2O3/c1-18(2)23-22(15-21-12-8-5-9-13-21)27(25(29)26-24(23)28)17-30-16-19(3)14-20-10-6-4-7-11-20/h4-14,18H,15-17H2,1-3H3,(H,26,28,29). The van der Waals surface area contributed by atoms with E-state index in [2.05, 4.69) is 11.1 Å². The molecule has 0 spiro atoms. The number of H-pyrrole nitrogens is 1. The maximum atomic E-state index is 12.6. The molecule has 0 aliphatic carbocycles. The van der Waals surface area contributed by atoms with Crippen molar-refractivity contribution < 1.29 is 4.74 Å². The van der Waals surface area contributed by atoms with E-state index >= 15 is 0 Å². The molecule has 0 saturated carbocycles. The normalized spacial score (nSPS) is 11.8. The van der Waals surface area contributed by atoms with Crippen LogP contribution in [0.2, 0.25) is 0 Å². The van der Waals surface area contributed by atoms with Gasteiger partial charge in [-0.1, -0.05) is 80.6 Å². The third-order valence-corrected chi connectivity index (χ3v) is 4.90. The summed E-state index contributed by atoms with van der Waals surface area (Å²) in [5.74, 6) is -0.0148. The third-order valence-electron chi connectivity index (χ3n) is 4.90. The highest BCUT2D eigenvalue weighted by atomic mass is 16.5. The largest absolute Gasteiger partial charge is 0.356 e. The monoisotopic (exact) mass is 404 g/mol. The molecule has 1 heterocycles. The van der Waals surface area contributed by atoms with Gasteiger partial charge in [-0.2, -0.15) is 0 Å². The Morgan fingerprint density at radius 1 is 1.03 bits per heavy atom. The van der Waals surface area contributed by atoms with Crippen LogP contribution in [-0.2, 0) is 17.9 Å². The van der Waals surface area contributed by atoms with E-state index in [0.29, 0.717) is 24.3 Å². The smallest absolute Gasteiger partial charge is 0.330 e. The van der Waals surface area contributed by atoms with E-state index in [1.807, 2.05) is 81.4 Å².